The zero-order valence-electron chi connectivity index (χ0n) is 25.7. The van der Waals surface area contributed by atoms with Crippen LogP contribution in [0.5, 0.6) is 0 Å². The van der Waals surface area contributed by atoms with E-state index in [1.807, 2.05) is 14.1 Å². The first-order valence-electron chi connectivity index (χ1n) is 15.3. The molecule has 5 aliphatic carbocycles. The molecule has 0 spiro atoms. The van der Waals surface area contributed by atoms with Crippen LogP contribution in [-0.4, -0.2) is 37.9 Å². The Morgan fingerprint density at radius 1 is 0.947 bits per heavy atom. The number of Topliss-reactive ketones (excluding diaryl/α,β-unsaturated/α-hetero) is 1. The average molecular weight is 524 g/mol. The minimum atomic E-state index is -0.340. The highest BCUT2D eigenvalue weighted by Gasteiger charge is 2.72. The van der Waals surface area contributed by atoms with Gasteiger partial charge >= 0.3 is 5.97 Å². The Balaban J connectivity index is 1.59. The van der Waals surface area contributed by atoms with Gasteiger partial charge in [-0.2, -0.15) is 0 Å². The Morgan fingerprint density at radius 3 is 2.24 bits per heavy atom. The van der Waals surface area contributed by atoms with Crippen molar-refractivity contribution in [3.63, 3.8) is 0 Å². The van der Waals surface area contributed by atoms with E-state index in [1.54, 1.807) is 7.11 Å². The summed E-state index contributed by atoms with van der Waals surface area (Å²) in [6.45, 7) is 18.8. The van der Waals surface area contributed by atoms with Crippen molar-refractivity contribution >= 4 is 11.8 Å². The van der Waals surface area contributed by atoms with E-state index in [1.165, 1.54) is 24.8 Å². The molecule has 5 aliphatic rings. The molecular weight excluding hydrogens is 470 g/mol. The van der Waals surface area contributed by atoms with Gasteiger partial charge in [0.15, 0.2) is 5.78 Å². The predicted molar refractivity (Wildman–Crippen MR) is 153 cm³/mol. The van der Waals surface area contributed by atoms with E-state index < -0.39 is 0 Å². The molecule has 0 bridgehead atoms. The van der Waals surface area contributed by atoms with E-state index in [0.29, 0.717) is 35.4 Å². The maximum atomic E-state index is 13.7. The monoisotopic (exact) mass is 523 g/mol. The highest BCUT2D eigenvalue weighted by Crippen LogP contribution is 2.77. The zero-order valence-corrected chi connectivity index (χ0v) is 25.7. The third kappa shape index (κ3) is 3.39. The fourth-order valence-electron chi connectivity index (χ4n) is 12.0. The number of methoxy groups -OCH3 is 1. The number of hydrogen-bond donors (Lipinski definition) is 0. The van der Waals surface area contributed by atoms with E-state index in [0.717, 1.165) is 44.1 Å². The molecule has 0 N–H and O–H groups in total. The van der Waals surface area contributed by atoms with Crippen molar-refractivity contribution in [3.8, 4) is 0 Å². The Morgan fingerprint density at radius 2 is 1.63 bits per heavy atom. The Hall–Kier alpha value is -1.58. The molecule has 0 heterocycles. The van der Waals surface area contributed by atoms with Crippen molar-refractivity contribution in [2.24, 2.45) is 56.7 Å². The van der Waals surface area contributed by atoms with E-state index in [2.05, 4.69) is 59.2 Å². The van der Waals surface area contributed by atoms with E-state index in [4.69, 9.17) is 4.74 Å². The standard InChI is InChI=1S/C34H53NO3/c1-21(2)23-13-16-34(29(37)38-10)18-17-32(6)24(27(23)34)11-12-26-31(5)19-22(20-35(8)9)28(36)30(3,4)25(31)14-15-33(26,32)7/h20,23-27H,1,11-19H2,2-10H3/b22-20-/t23-,24+,25-,26+,27+,31-,32+,33+,34-/m0/s1. The number of hydrogen-bond acceptors (Lipinski definition) is 4. The highest BCUT2D eigenvalue weighted by atomic mass is 16.5. The largest absolute Gasteiger partial charge is 0.469 e. The lowest BCUT2D eigenvalue weighted by molar-refractivity contribution is -0.232. The first-order chi connectivity index (χ1) is 17.6. The smallest absolute Gasteiger partial charge is 0.312 e. The number of carbonyl (C=O) groups is 2. The Labute approximate surface area is 232 Å². The molecule has 0 aromatic rings. The van der Waals surface area contributed by atoms with Gasteiger partial charge < -0.3 is 9.64 Å². The SMILES string of the molecule is C=C(C)[C@@H]1CC[C@]2(C(=O)OC)CC[C@]3(C)[C@H](CC[C@@H]4[C@@]5(C)C/C(=C/N(C)C)C(=O)C(C)(C)[C@@H]5CC[C@]43C)[C@@H]12. The summed E-state index contributed by atoms with van der Waals surface area (Å²) in [5.41, 5.74) is 2.04. The van der Waals surface area contributed by atoms with Crippen LogP contribution in [0.3, 0.4) is 0 Å². The second kappa shape index (κ2) is 8.71. The van der Waals surface area contributed by atoms with Crippen LogP contribution in [0.4, 0.5) is 0 Å². The average Bonchev–Trinajstić information content (AvgIpc) is 3.23. The molecule has 0 radical (unpaired) electrons. The van der Waals surface area contributed by atoms with Crippen molar-refractivity contribution in [2.45, 2.75) is 99.3 Å². The summed E-state index contributed by atoms with van der Waals surface area (Å²) < 4.78 is 5.52. The van der Waals surface area contributed by atoms with E-state index in [-0.39, 0.29) is 33.0 Å². The molecule has 0 aromatic heterocycles. The normalized spacial score (nSPS) is 48.4. The third-order valence-corrected chi connectivity index (χ3v) is 13.7. The van der Waals surface area contributed by atoms with Crippen LogP contribution in [0.1, 0.15) is 99.3 Å². The lowest BCUT2D eigenvalue weighted by Gasteiger charge is -2.72. The molecule has 0 aliphatic heterocycles. The van der Waals surface area contributed by atoms with Crippen LogP contribution >= 0.6 is 0 Å². The van der Waals surface area contributed by atoms with Crippen LogP contribution in [0.25, 0.3) is 0 Å². The molecule has 212 valence electrons. The minimum absolute atomic E-state index is 0.0299. The maximum absolute atomic E-state index is 13.7. The number of carbonyl (C=O) groups excluding carboxylic acids is 2. The summed E-state index contributed by atoms with van der Waals surface area (Å²) in [6, 6.07) is 0. The molecule has 0 amide bonds. The van der Waals surface area contributed by atoms with Gasteiger partial charge in [0, 0.05) is 31.3 Å². The summed E-state index contributed by atoms with van der Waals surface area (Å²) in [5.74, 6) is 2.62. The molecule has 5 saturated carbocycles. The molecule has 0 unspecified atom stereocenters. The third-order valence-electron chi connectivity index (χ3n) is 13.7. The molecule has 4 heteroatoms. The van der Waals surface area contributed by atoms with Gasteiger partial charge in [0.2, 0.25) is 0 Å². The highest BCUT2D eigenvalue weighted by molar-refractivity contribution is 6.00. The molecule has 0 aromatic carbocycles. The summed E-state index contributed by atoms with van der Waals surface area (Å²) in [7, 11) is 5.66. The summed E-state index contributed by atoms with van der Waals surface area (Å²) >= 11 is 0. The lowest BCUT2D eigenvalue weighted by Crippen LogP contribution is -2.67. The number of ether oxygens (including phenoxy) is 1. The number of fused-ring (bicyclic) bond motifs is 7. The number of esters is 1. The van der Waals surface area contributed by atoms with Crippen LogP contribution in [0.2, 0.25) is 0 Å². The molecule has 5 rings (SSSR count). The quantitative estimate of drug-likeness (QED) is 0.219. The van der Waals surface area contributed by atoms with Gasteiger partial charge in [-0.25, -0.2) is 0 Å². The maximum Gasteiger partial charge on any atom is 0.312 e. The van der Waals surface area contributed by atoms with Crippen LogP contribution < -0.4 is 0 Å². The van der Waals surface area contributed by atoms with Gasteiger partial charge in [-0.3, -0.25) is 9.59 Å². The van der Waals surface area contributed by atoms with Crippen molar-refractivity contribution < 1.29 is 14.3 Å². The molecular formula is C34H53NO3. The Bertz CT molecular complexity index is 1070. The predicted octanol–water partition coefficient (Wildman–Crippen LogP) is 7.44. The fraction of sp³-hybridized carbons (Fsp3) is 0.824. The fourth-order valence-corrected chi connectivity index (χ4v) is 12.0. The number of nitrogens with zero attached hydrogens (tertiary/aromatic N) is 1. The Kier molecular flexibility index (Phi) is 6.41. The first kappa shape index (κ1) is 28.0. The van der Waals surface area contributed by atoms with Crippen LogP contribution in [0.15, 0.2) is 23.9 Å². The van der Waals surface area contributed by atoms with Crippen LogP contribution in [0, 0.1) is 56.7 Å². The van der Waals surface area contributed by atoms with Gasteiger partial charge in [0.05, 0.1) is 12.5 Å². The molecule has 4 nitrogen and oxygen atoms in total. The van der Waals surface area contributed by atoms with Gasteiger partial charge in [-0.05, 0) is 111 Å². The summed E-state index contributed by atoms with van der Waals surface area (Å²) in [5, 5.41) is 0. The first-order valence-corrected chi connectivity index (χ1v) is 15.3. The van der Waals surface area contributed by atoms with Crippen molar-refractivity contribution in [1.29, 1.82) is 0 Å². The van der Waals surface area contributed by atoms with Gasteiger partial charge in [0.1, 0.15) is 0 Å². The molecule has 5 fully saturated rings. The van der Waals surface area contributed by atoms with E-state index in [9.17, 15) is 9.59 Å². The molecule has 9 atom stereocenters. The van der Waals surface area contributed by atoms with Crippen molar-refractivity contribution in [2.75, 3.05) is 21.2 Å². The second-order valence-electron chi connectivity index (χ2n) is 15.7. The van der Waals surface area contributed by atoms with Crippen molar-refractivity contribution in [3.05, 3.63) is 23.9 Å². The summed E-state index contributed by atoms with van der Waals surface area (Å²) in [6.07, 6.45) is 11.7. The lowest BCUT2D eigenvalue weighted by atomic mass is 9.32. The van der Waals surface area contributed by atoms with Crippen molar-refractivity contribution in [1.82, 2.24) is 4.90 Å². The molecule has 0 saturated heterocycles. The topological polar surface area (TPSA) is 46.6 Å². The minimum Gasteiger partial charge on any atom is -0.469 e. The number of rotatable bonds is 3. The molecule has 38 heavy (non-hydrogen) atoms. The second-order valence-corrected chi connectivity index (χ2v) is 15.7. The van der Waals surface area contributed by atoms with E-state index >= 15 is 0 Å². The summed E-state index contributed by atoms with van der Waals surface area (Å²) in [4.78, 5) is 29.2. The van der Waals surface area contributed by atoms with Gasteiger partial charge in [-0.1, -0.05) is 46.8 Å². The number of ketones is 1. The zero-order chi connectivity index (χ0) is 28.1. The number of allylic oxidation sites excluding steroid dienone is 2. The van der Waals surface area contributed by atoms with Gasteiger partial charge in [-0.15, -0.1) is 0 Å². The van der Waals surface area contributed by atoms with Gasteiger partial charge in [0.25, 0.3) is 0 Å². The van der Waals surface area contributed by atoms with Crippen LogP contribution in [-0.2, 0) is 14.3 Å².